The maximum atomic E-state index is 13.3. The van der Waals surface area contributed by atoms with Crippen LogP contribution in [0.25, 0.3) is 0 Å². The van der Waals surface area contributed by atoms with Gasteiger partial charge in [-0.2, -0.15) is 4.31 Å². The fourth-order valence-electron chi connectivity index (χ4n) is 4.02. The van der Waals surface area contributed by atoms with Crippen molar-refractivity contribution in [2.75, 3.05) is 32.6 Å². The largest absolute Gasteiger partial charge is 0.497 e. The molecule has 1 fully saturated rings. The monoisotopic (exact) mass is 530 g/mol. The molecule has 1 aliphatic rings. The summed E-state index contributed by atoms with van der Waals surface area (Å²) in [6.07, 6.45) is 0.736. The number of ether oxygens (including phenoxy) is 3. The minimum Gasteiger partial charge on any atom is -0.497 e. The van der Waals surface area contributed by atoms with Crippen LogP contribution in [-0.4, -0.2) is 45.9 Å². The number of benzene rings is 3. The Kier molecular flexibility index (Phi) is 8.03. The van der Waals surface area contributed by atoms with Gasteiger partial charge in [0.2, 0.25) is 15.9 Å². The van der Waals surface area contributed by atoms with Gasteiger partial charge in [0.1, 0.15) is 22.1 Å². The van der Waals surface area contributed by atoms with Gasteiger partial charge in [0, 0.05) is 30.1 Å². The van der Waals surface area contributed by atoms with Crippen LogP contribution in [0.2, 0.25) is 5.02 Å². The average molecular weight is 531 g/mol. The smallest absolute Gasteiger partial charge is 0.246 e. The SMILES string of the molecule is COc1ccc(OC)c(S(=O)(=O)N2CCC(C(=O)Nc3cc(Cl)ccc3Oc3ccccc3)CC2)c1. The molecule has 3 aromatic rings. The van der Waals surface area contributed by atoms with Gasteiger partial charge >= 0.3 is 0 Å². The van der Waals surface area contributed by atoms with Crippen molar-refractivity contribution >= 4 is 33.2 Å². The fourth-order valence-corrected chi connectivity index (χ4v) is 5.83. The van der Waals surface area contributed by atoms with Gasteiger partial charge in [0.05, 0.1) is 19.9 Å². The highest BCUT2D eigenvalue weighted by molar-refractivity contribution is 7.89. The molecule has 8 nitrogen and oxygen atoms in total. The lowest BCUT2D eigenvalue weighted by Gasteiger charge is -2.31. The molecular formula is C26H27ClN2O6S. The first-order valence-electron chi connectivity index (χ1n) is 11.4. The minimum absolute atomic E-state index is 0.0360. The lowest BCUT2D eigenvalue weighted by Crippen LogP contribution is -2.41. The van der Waals surface area contributed by atoms with Crippen LogP contribution in [0, 0.1) is 5.92 Å². The van der Waals surface area contributed by atoms with Crippen molar-refractivity contribution in [1.29, 1.82) is 0 Å². The van der Waals surface area contributed by atoms with E-state index >= 15 is 0 Å². The molecule has 3 aromatic carbocycles. The summed E-state index contributed by atoms with van der Waals surface area (Å²) in [6, 6.07) is 18.9. The number of amides is 1. The molecule has 1 heterocycles. The summed E-state index contributed by atoms with van der Waals surface area (Å²) >= 11 is 6.16. The van der Waals surface area contributed by atoms with Crippen LogP contribution in [0.5, 0.6) is 23.0 Å². The molecular weight excluding hydrogens is 504 g/mol. The minimum atomic E-state index is -3.83. The Morgan fingerprint density at radius 3 is 2.28 bits per heavy atom. The second kappa shape index (κ2) is 11.2. The number of methoxy groups -OCH3 is 2. The van der Waals surface area contributed by atoms with Crippen molar-refractivity contribution in [1.82, 2.24) is 4.31 Å². The number of sulfonamides is 1. The number of nitrogens with zero attached hydrogens (tertiary/aromatic N) is 1. The van der Waals surface area contributed by atoms with E-state index in [1.54, 1.807) is 30.3 Å². The van der Waals surface area contributed by atoms with Crippen molar-refractivity contribution < 1.29 is 27.4 Å². The molecule has 0 radical (unpaired) electrons. The molecule has 1 aliphatic heterocycles. The molecule has 10 heteroatoms. The maximum Gasteiger partial charge on any atom is 0.246 e. The van der Waals surface area contributed by atoms with Crippen LogP contribution in [0.4, 0.5) is 5.69 Å². The van der Waals surface area contributed by atoms with Crippen molar-refractivity contribution in [3.8, 4) is 23.0 Å². The molecule has 0 bridgehead atoms. The molecule has 0 unspecified atom stereocenters. The Bertz CT molecular complexity index is 1330. The van der Waals surface area contributed by atoms with E-state index in [1.807, 2.05) is 30.3 Å². The number of anilines is 1. The lowest BCUT2D eigenvalue weighted by molar-refractivity contribution is -0.120. The summed E-state index contributed by atoms with van der Waals surface area (Å²) in [5.74, 6) is 1.16. The van der Waals surface area contributed by atoms with Crippen molar-refractivity contribution in [3.63, 3.8) is 0 Å². The van der Waals surface area contributed by atoms with Crippen LogP contribution in [0.1, 0.15) is 12.8 Å². The Hall–Kier alpha value is -3.27. The molecule has 1 amide bonds. The van der Waals surface area contributed by atoms with Gasteiger partial charge in [-0.05, 0) is 55.3 Å². The first-order valence-corrected chi connectivity index (χ1v) is 13.2. The molecule has 4 rings (SSSR count). The summed E-state index contributed by atoms with van der Waals surface area (Å²) < 4.78 is 44.4. The van der Waals surface area contributed by atoms with E-state index in [9.17, 15) is 13.2 Å². The number of carbonyl (C=O) groups is 1. The van der Waals surface area contributed by atoms with E-state index in [0.717, 1.165) is 0 Å². The number of hydrogen-bond donors (Lipinski definition) is 1. The zero-order valence-electron chi connectivity index (χ0n) is 19.9. The zero-order valence-corrected chi connectivity index (χ0v) is 21.5. The summed E-state index contributed by atoms with van der Waals surface area (Å²) in [5, 5.41) is 3.36. The van der Waals surface area contributed by atoms with Gasteiger partial charge < -0.3 is 19.5 Å². The summed E-state index contributed by atoms with van der Waals surface area (Å²) in [6.45, 7) is 0.396. The van der Waals surface area contributed by atoms with Gasteiger partial charge in [-0.15, -0.1) is 0 Å². The van der Waals surface area contributed by atoms with Gasteiger partial charge in [0.25, 0.3) is 0 Å². The fraction of sp³-hybridized carbons (Fsp3) is 0.269. The lowest BCUT2D eigenvalue weighted by atomic mass is 9.97. The molecule has 0 aromatic heterocycles. The zero-order chi connectivity index (χ0) is 25.7. The quantitative estimate of drug-likeness (QED) is 0.431. The molecule has 1 saturated heterocycles. The van der Waals surface area contributed by atoms with E-state index in [2.05, 4.69) is 5.32 Å². The maximum absolute atomic E-state index is 13.3. The van der Waals surface area contributed by atoms with Crippen molar-refractivity contribution in [2.45, 2.75) is 17.7 Å². The Balaban J connectivity index is 1.44. The summed E-state index contributed by atoms with van der Waals surface area (Å²) in [7, 11) is -0.943. The number of rotatable bonds is 8. The van der Waals surface area contributed by atoms with Crippen molar-refractivity contribution in [2.24, 2.45) is 5.92 Å². The van der Waals surface area contributed by atoms with Gasteiger partial charge in [-0.1, -0.05) is 29.8 Å². The van der Waals surface area contributed by atoms with Crippen LogP contribution in [0.3, 0.4) is 0 Å². The predicted octanol–water partition coefficient (Wildman–Crippen LogP) is 5.19. The molecule has 1 N–H and O–H groups in total. The number of para-hydroxylation sites is 1. The molecule has 0 aliphatic carbocycles. The number of nitrogens with one attached hydrogen (secondary N) is 1. The highest BCUT2D eigenvalue weighted by Crippen LogP contribution is 2.35. The number of carbonyl (C=O) groups excluding carboxylic acids is 1. The third-order valence-corrected chi connectivity index (χ3v) is 8.14. The topological polar surface area (TPSA) is 94.2 Å². The van der Waals surface area contributed by atoms with Crippen LogP contribution in [-0.2, 0) is 14.8 Å². The molecule has 0 spiro atoms. The summed E-state index contributed by atoms with van der Waals surface area (Å²) in [4.78, 5) is 13.1. The Labute approximate surface area is 215 Å². The predicted molar refractivity (Wildman–Crippen MR) is 138 cm³/mol. The Morgan fingerprint density at radius 1 is 0.917 bits per heavy atom. The molecule has 0 saturated carbocycles. The van der Waals surface area contributed by atoms with Crippen LogP contribution < -0.4 is 19.5 Å². The highest BCUT2D eigenvalue weighted by atomic mass is 35.5. The van der Waals surface area contributed by atoms with E-state index in [1.165, 1.54) is 24.6 Å². The molecule has 0 atom stereocenters. The van der Waals surface area contributed by atoms with E-state index in [4.69, 9.17) is 25.8 Å². The van der Waals surface area contributed by atoms with E-state index < -0.39 is 10.0 Å². The first-order chi connectivity index (χ1) is 17.3. The number of halogens is 1. The first kappa shape index (κ1) is 25.8. The second-order valence-electron chi connectivity index (χ2n) is 8.24. The molecule has 36 heavy (non-hydrogen) atoms. The third-order valence-electron chi connectivity index (χ3n) is 5.98. The summed E-state index contributed by atoms with van der Waals surface area (Å²) in [5.41, 5.74) is 0.451. The van der Waals surface area contributed by atoms with Crippen LogP contribution in [0.15, 0.2) is 71.6 Å². The second-order valence-corrected chi connectivity index (χ2v) is 10.6. The van der Waals surface area contributed by atoms with Gasteiger partial charge in [-0.3, -0.25) is 4.79 Å². The average Bonchev–Trinajstić information content (AvgIpc) is 2.90. The van der Waals surface area contributed by atoms with Crippen LogP contribution >= 0.6 is 11.6 Å². The van der Waals surface area contributed by atoms with E-state index in [-0.39, 0.29) is 35.6 Å². The van der Waals surface area contributed by atoms with Gasteiger partial charge in [-0.25, -0.2) is 8.42 Å². The van der Waals surface area contributed by atoms with Gasteiger partial charge in [0.15, 0.2) is 5.75 Å². The molecule has 190 valence electrons. The highest BCUT2D eigenvalue weighted by Gasteiger charge is 2.34. The van der Waals surface area contributed by atoms with Crippen molar-refractivity contribution in [3.05, 3.63) is 71.8 Å². The third kappa shape index (κ3) is 5.75. The standard InChI is InChI=1S/C26H27ClN2O6S/c1-33-21-9-11-24(34-2)25(17-21)36(31,32)29-14-12-18(13-15-29)26(30)28-22-16-19(27)8-10-23(22)35-20-6-4-3-5-7-20/h3-11,16-18H,12-15H2,1-2H3,(H,28,30). The Morgan fingerprint density at radius 2 is 1.61 bits per heavy atom. The van der Waals surface area contributed by atoms with E-state index in [0.29, 0.717) is 40.8 Å². The number of piperidine rings is 1. The number of hydrogen-bond acceptors (Lipinski definition) is 6. The normalized spacial score (nSPS) is 14.8.